The van der Waals surface area contributed by atoms with E-state index in [0.717, 1.165) is 6.07 Å². The number of hydrazine groups is 1. The first-order valence-electron chi connectivity index (χ1n) is 12.7. The SMILES string of the molecule is NC(=O)N(NC(=O)c1ncc(C(F)(F)F)cc1N1CCOCC1)[C@H]1CN(c2ccccc2)c2ccccc2NC1=O. The molecule has 2 aromatic carbocycles. The smallest absolute Gasteiger partial charge is 0.378 e. The number of anilines is 4. The van der Waals surface area contributed by atoms with Gasteiger partial charge in [-0.15, -0.1) is 0 Å². The molecule has 4 amide bonds. The van der Waals surface area contributed by atoms with Crippen LogP contribution in [0.3, 0.4) is 0 Å². The largest absolute Gasteiger partial charge is 0.417 e. The van der Waals surface area contributed by atoms with E-state index in [4.69, 9.17) is 10.5 Å². The number of hydrogen-bond donors (Lipinski definition) is 3. The highest BCUT2D eigenvalue weighted by molar-refractivity contribution is 6.03. The summed E-state index contributed by atoms with van der Waals surface area (Å²) in [5, 5.41) is 3.43. The van der Waals surface area contributed by atoms with Crippen LogP contribution >= 0.6 is 0 Å². The van der Waals surface area contributed by atoms with Gasteiger partial charge in [0.05, 0.1) is 42.4 Å². The van der Waals surface area contributed by atoms with Crippen molar-refractivity contribution in [2.75, 3.05) is 48.0 Å². The highest BCUT2D eigenvalue weighted by atomic mass is 19.4. The van der Waals surface area contributed by atoms with Crippen LogP contribution in [0, 0.1) is 0 Å². The van der Waals surface area contributed by atoms with E-state index in [0.29, 0.717) is 28.3 Å². The van der Waals surface area contributed by atoms with E-state index >= 15 is 0 Å². The molecule has 0 saturated carbocycles. The van der Waals surface area contributed by atoms with E-state index in [2.05, 4.69) is 15.7 Å². The number of carbonyl (C=O) groups is 3. The minimum absolute atomic E-state index is 0.0892. The highest BCUT2D eigenvalue weighted by Gasteiger charge is 2.38. The van der Waals surface area contributed by atoms with Crippen LogP contribution < -0.4 is 26.3 Å². The lowest BCUT2D eigenvalue weighted by atomic mass is 10.1. The van der Waals surface area contributed by atoms with Crippen LogP contribution in [0.25, 0.3) is 0 Å². The summed E-state index contributed by atoms with van der Waals surface area (Å²) < 4.78 is 45.8. The molecule has 2 aliphatic rings. The summed E-state index contributed by atoms with van der Waals surface area (Å²) in [5.74, 6) is -1.65. The second kappa shape index (κ2) is 11.3. The van der Waals surface area contributed by atoms with Crippen molar-refractivity contribution in [3.63, 3.8) is 0 Å². The molecule has 214 valence electrons. The van der Waals surface area contributed by atoms with Crippen LogP contribution in [-0.4, -0.2) is 66.7 Å². The molecule has 2 aliphatic heterocycles. The minimum atomic E-state index is -4.70. The Labute approximate surface area is 232 Å². The van der Waals surface area contributed by atoms with Gasteiger partial charge in [-0.2, -0.15) is 13.2 Å². The molecule has 41 heavy (non-hydrogen) atoms. The number of hydrogen-bond acceptors (Lipinski definition) is 7. The fourth-order valence-corrected chi connectivity index (χ4v) is 4.71. The van der Waals surface area contributed by atoms with Crippen LogP contribution in [-0.2, 0) is 15.7 Å². The summed E-state index contributed by atoms with van der Waals surface area (Å²) in [4.78, 5) is 46.7. The number of morpholine rings is 1. The standard InChI is InChI=1S/C27H26F3N7O4/c28-27(29,30)17-14-21(35-10-12-41-13-11-35)23(32-15-17)25(39)34-37(26(31)40)22-16-36(18-6-2-1-3-7-18)20-9-5-4-8-19(20)33-24(22)38/h1-9,14-15,22H,10-13,16H2,(H2,31,40)(H,33,38)(H,34,39)/t22-/m0/s1. The third-order valence-electron chi connectivity index (χ3n) is 6.71. The second-order valence-electron chi connectivity index (χ2n) is 9.31. The fraction of sp³-hybridized carbons (Fsp3) is 0.259. The number of halogens is 3. The van der Waals surface area contributed by atoms with Gasteiger partial charge in [0.25, 0.3) is 11.8 Å². The summed E-state index contributed by atoms with van der Waals surface area (Å²) in [6.45, 7) is 0.814. The van der Waals surface area contributed by atoms with Crippen molar-refractivity contribution in [2.24, 2.45) is 5.73 Å². The summed E-state index contributed by atoms with van der Waals surface area (Å²) in [6, 6.07) is 14.4. The van der Waals surface area contributed by atoms with Gasteiger partial charge in [-0.25, -0.2) is 14.8 Å². The normalized spacial score (nSPS) is 17.2. The third kappa shape index (κ3) is 5.87. The lowest BCUT2D eigenvalue weighted by molar-refractivity contribution is -0.137. The van der Waals surface area contributed by atoms with E-state index in [1.807, 2.05) is 30.3 Å². The Morgan fingerprint density at radius 1 is 1.05 bits per heavy atom. The van der Waals surface area contributed by atoms with Crippen molar-refractivity contribution in [3.05, 3.63) is 78.1 Å². The molecule has 0 spiro atoms. The molecule has 1 atom stereocenters. The van der Waals surface area contributed by atoms with Crippen molar-refractivity contribution in [1.82, 2.24) is 15.4 Å². The molecular weight excluding hydrogens is 543 g/mol. The molecule has 1 fully saturated rings. The number of nitrogens with zero attached hydrogens (tertiary/aromatic N) is 4. The molecule has 0 aliphatic carbocycles. The number of fused-ring (bicyclic) bond motifs is 1. The number of para-hydroxylation sites is 3. The number of nitrogens with two attached hydrogens (primary N) is 1. The van der Waals surface area contributed by atoms with Crippen LogP contribution in [0.4, 0.5) is 40.7 Å². The maximum absolute atomic E-state index is 13.5. The summed E-state index contributed by atoms with van der Waals surface area (Å²) in [5.41, 5.74) is 8.28. The van der Waals surface area contributed by atoms with Crippen molar-refractivity contribution < 1.29 is 32.3 Å². The Balaban J connectivity index is 1.49. The van der Waals surface area contributed by atoms with E-state index in [1.165, 1.54) is 0 Å². The molecule has 4 N–H and O–H groups in total. The molecule has 0 radical (unpaired) electrons. The predicted molar refractivity (Wildman–Crippen MR) is 143 cm³/mol. The minimum Gasteiger partial charge on any atom is -0.378 e. The molecule has 3 heterocycles. The number of aromatic nitrogens is 1. The monoisotopic (exact) mass is 569 g/mol. The van der Waals surface area contributed by atoms with Gasteiger partial charge in [-0.3, -0.25) is 15.0 Å². The van der Waals surface area contributed by atoms with Crippen LogP contribution in [0.2, 0.25) is 0 Å². The number of nitrogens with one attached hydrogen (secondary N) is 2. The molecule has 14 heteroatoms. The van der Waals surface area contributed by atoms with Gasteiger partial charge in [-0.05, 0) is 30.3 Å². The first-order valence-corrected chi connectivity index (χ1v) is 12.7. The summed E-state index contributed by atoms with van der Waals surface area (Å²) in [6.07, 6.45) is -4.16. The van der Waals surface area contributed by atoms with E-state index < -0.39 is 35.6 Å². The maximum Gasteiger partial charge on any atom is 0.417 e. The van der Waals surface area contributed by atoms with Gasteiger partial charge in [0, 0.05) is 25.0 Å². The zero-order chi connectivity index (χ0) is 29.1. The molecule has 3 aromatic rings. The molecule has 0 bridgehead atoms. The average molecular weight is 570 g/mol. The van der Waals surface area contributed by atoms with E-state index in [1.54, 1.807) is 34.1 Å². The molecule has 11 nitrogen and oxygen atoms in total. The second-order valence-corrected chi connectivity index (χ2v) is 9.31. The number of amides is 4. The Morgan fingerprint density at radius 2 is 1.73 bits per heavy atom. The fourth-order valence-electron chi connectivity index (χ4n) is 4.71. The summed E-state index contributed by atoms with van der Waals surface area (Å²) >= 11 is 0. The molecule has 0 unspecified atom stereocenters. The zero-order valence-electron chi connectivity index (χ0n) is 21.6. The zero-order valence-corrected chi connectivity index (χ0v) is 21.6. The maximum atomic E-state index is 13.5. The number of primary amides is 1. The van der Waals surface area contributed by atoms with E-state index in [9.17, 15) is 27.6 Å². The topological polar surface area (TPSA) is 133 Å². The summed E-state index contributed by atoms with van der Waals surface area (Å²) in [7, 11) is 0. The quantitative estimate of drug-likeness (QED) is 0.411. The van der Waals surface area contributed by atoms with Gasteiger partial charge in [0.2, 0.25) is 0 Å². The van der Waals surface area contributed by atoms with Gasteiger partial charge in [-0.1, -0.05) is 30.3 Å². The highest BCUT2D eigenvalue weighted by Crippen LogP contribution is 2.35. The van der Waals surface area contributed by atoms with Crippen molar-refractivity contribution in [3.8, 4) is 0 Å². The average Bonchev–Trinajstić information content (AvgIpc) is 3.11. The van der Waals surface area contributed by atoms with Crippen LogP contribution in [0.15, 0.2) is 66.9 Å². The Morgan fingerprint density at radius 3 is 2.41 bits per heavy atom. The Bertz CT molecular complexity index is 1450. The first kappa shape index (κ1) is 27.7. The van der Waals surface area contributed by atoms with Crippen LogP contribution in [0.1, 0.15) is 16.1 Å². The predicted octanol–water partition coefficient (Wildman–Crippen LogP) is 3.12. The molecular formula is C27H26F3N7O4. The van der Waals surface area contributed by atoms with Gasteiger partial charge in [0.1, 0.15) is 0 Å². The number of ether oxygens (including phenoxy) is 1. The Hall–Kier alpha value is -4.85. The third-order valence-corrected chi connectivity index (χ3v) is 6.71. The number of carbonyl (C=O) groups excluding carboxylic acids is 3. The number of pyridine rings is 1. The van der Waals surface area contributed by atoms with Gasteiger partial charge in [0.15, 0.2) is 11.7 Å². The molecule has 1 aromatic heterocycles. The van der Waals surface area contributed by atoms with Crippen LogP contribution in [0.5, 0.6) is 0 Å². The molecule has 5 rings (SSSR count). The number of alkyl halides is 3. The first-order chi connectivity index (χ1) is 19.6. The lowest BCUT2D eigenvalue weighted by Crippen LogP contribution is -2.60. The number of urea groups is 1. The van der Waals surface area contributed by atoms with Crippen molar-refractivity contribution in [1.29, 1.82) is 0 Å². The lowest BCUT2D eigenvalue weighted by Gasteiger charge is -2.33. The van der Waals surface area contributed by atoms with E-state index in [-0.39, 0.29) is 44.2 Å². The van der Waals surface area contributed by atoms with Gasteiger partial charge < -0.3 is 25.6 Å². The van der Waals surface area contributed by atoms with Crippen molar-refractivity contribution in [2.45, 2.75) is 12.2 Å². The number of rotatable bonds is 4. The number of benzene rings is 2. The molecule has 1 saturated heterocycles. The Kier molecular flexibility index (Phi) is 7.66. The van der Waals surface area contributed by atoms with Crippen molar-refractivity contribution >= 4 is 40.6 Å². The van der Waals surface area contributed by atoms with Gasteiger partial charge >= 0.3 is 12.2 Å².